The molecule has 21 heavy (non-hydrogen) atoms. The van der Waals surface area contributed by atoms with Crippen molar-refractivity contribution in [3.8, 4) is 0 Å². The molecule has 2 aromatic heterocycles. The maximum atomic E-state index is 10.4. The summed E-state index contributed by atoms with van der Waals surface area (Å²) in [4.78, 5) is 12.6. The molecule has 0 unspecified atom stereocenters. The Hall–Kier alpha value is -1.60. The van der Waals surface area contributed by atoms with Crippen LogP contribution in [0.25, 0.3) is 11.2 Å². The Morgan fingerprint density at radius 2 is 2.29 bits per heavy atom. The molecule has 2 aromatic rings. The fraction of sp³-hybridized carbons (Fsp3) is 0.583. The first-order chi connectivity index (χ1) is 10.2. The van der Waals surface area contributed by atoms with Gasteiger partial charge in [0.25, 0.3) is 0 Å². The third-order valence-electron chi connectivity index (χ3n) is 3.99. The number of rotatable bonds is 4. The van der Waals surface area contributed by atoms with E-state index in [1.807, 2.05) is 13.8 Å². The predicted octanol–water partition coefficient (Wildman–Crippen LogP) is 0.245. The Morgan fingerprint density at radius 1 is 1.48 bits per heavy atom. The minimum absolute atomic E-state index is 0.0271. The molecule has 3 rings (SSSR count). The van der Waals surface area contributed by atoms with E-state index in [4.69, 9.17) is 12.1 Å². The summed E-state index contributed by atoms with van der Waals surface area (Å²) in [7, 11) is 5.36. The Kier molecular flexibility index (Phi) is 3.86. The number of anilines is 1. The summed E-state index contributed by atoms with van der Waals surface area (Å²) in [6, 6.07) is 0. The molecule has 1 radical (unpaired) electrons. The number of fused-ring (bicyclic) bond motifs is 1. The molecule has 1 fully saturated rings. The molecule has 0 saturated carbocycles. The SMILES string of the molecule is [B]=BNc1ncnc2c1ncn2[C@@H]1O[C@H](CC)[C@@H](C)[C@H]1O. The van der Waals surface area contributed by atoms with Crippen molar-refractivity contribution in [1.82, 2.24) is 19.5 Å². The Bertz CT molecular complexity index is 664. The van der Waals surface area contributed by atoms with Crippen LogP contribution in [0.1, 0.15) is 26.5 Å². The van der Waals surface area contributed by atoms with E-state index in [2.05, 4.69) is 20.2 Å². The molecule has 107 valence electrons. The summed E-state index contributed by atoms with van der Waals surface area (Å²) in [5, 5.41) is 13.2. The van der Waals surface area contributed by atoms with Gasteiger partial charge in [0, 0.05) is 0 Å². The topological polar surface area (TPSA) is 85.1 Å². The molecular formula is C12H16B2N5O2. The predicted molar refractivity (Wildman–Crippen MR) is 79.8 cm³/mol. The second kappa shape index (κ2) is 5.65. The fourth-order valence-electron chi connectivity index (χ4n) is 2.78. The molecule has 0 spiro atoms. The number of nitrogens with zero attached hydrogens (tertiary/aromatic N) is 4. The number of aliphatic hydroxyl groups is 1. The van der Waals surface area contributed by atoms with E-state index in [1.54, 1.807) is 10.9 Å². The van der Waals surface area contributed by atoms with Gasteiger partial charge in [-0.3, -0.25) is 0 Å². The van der Waals surface area contributed by atoms with Gasteiger partial charge in [-0.2, -0.15) is 0 Å². The molecule has 0 aliphatic carbocycles. The summed E-state index contributed by atoms with van der Waals surface area (Å²) >= 11 is 0. The quantitative estimate of drug-likeness (QED) is 0.782. The van der Waals surface area contributed by atoms with E-state index in [-0.39, 0.29) is 12.0 Å². The molecule has 1 aliphatic heterocycles. The molecule has 1 saturated heterocycles. The zero-order valence-electron chi connectivity index (χ0n) is 12.0. The van der Waals surface area contributed by atoms with Crippen LogP contribution in [-0.2, 0) is 4.74 Å². The van der Waals surface area contributed by atoms with Gasteiger partial charge >= 0.3 is 123 Å². The number of aliphatic hydroxyl groups excluding tert-OH is 1. The van der Waals surface area contributed by atoms with Gasteiger partial charge in [0.15, 0.2) is 0 Å². The Morgan fingerprint density at radius 3 is 2.95 bits per heavy atom. The summed E-state index contributed by atoms with van der Waals surface area (Å²) in [5.74, 6) is 0.586. The zero-order chi connectivity index (χ0) is 15.0. The van der Waals surface area contributed by atoms with Crippen LogP contribution in [0.5, 0.6) is 0 Å². The van der Waals surface area contributed by atoms with E-state index in [0.29, 0.717) is 17.0 Å². The number of hydrogen-bond donors (Lipinski definition) is 2. The van der Waals surface area contributed by atoms with Crippen molar-refractivity contribution in [2.75, 3.05) is 5.23 Å². The average Bonchev–Trinajstić information content (AvgIpc) is 3.03. The van der Waals surface area contributed by atoms with Crippen LogP contribution in [0.2, 0.25) is 0 Å². The van der Waals surface area contributed by atoms with E-state index in [9.17, 15) is 5.11 Å². The van der Waals surface area contributed by atoms with Gasteiger partial charge in [0.2, 0.25) is 0 Å². The average molecular weight is 284 g/mol. The second-order valence-electron chi connectivity index (χ2n) is 5.18. The fourth-order valence-corrected chi connectivity index (χ4v) is 2.78. The van der Waals surface area contributed by atoms with Crippen molar-refractivity contribution in [3.05, 3.63) is 12.7 Å². The van der Waals surface area contributed by atoms with Crippen molar-refractivity contribution in [3.63, 3.8) is 0 Å². The first-order valence-corrected chi connectivity index (χ1v) is 6.98. The van der Waals surface area contributed by atoms with Gasteiger partial charge in [-0.15, -0.1) is 0 Å². The summed E-state index contributed by atoms with van der Waals surface area (Å²) in [6.45, 7) is 5.32. The van der Waals surface area contributed by atoms with Crippen molar-refractivity contribution in [2.45, 2.75) is 38.7 Å². The molecule has 7 nitrogen and oxygen atoms in total. The zero-order valence-corrected chi connectivity index (χ0v) is 12.0. The van der Waals surface area contributed by atoms with Gasteiger partial charge in [-0.05, 0) is 0 Å². The molecule has 2 N–H and O–H groups in total. The minimum atomic E-state index is -0.597. The normalized spacial score (nSPS) is 28.7. The molecule has 3 heterocycles. The molecular weight excluding hydrogens is 268 g/mol. The molecule has 1 aliphatic rings. The number of hydrogen-bond acceptors (Lipinski definition) is 6. The molecule has 0 aromatic carbocycles. The molecule has 4 atom stereocenters. The van der Waals surface area contributed by atoms with Gasteiger partial charge in [0.05, 0.1) is 0 Å². The van der Waals surface area contributed by atoms with Crippen LogP contribution < -0.4 is 5.23 Å². The molecule has 9 heteroatoms. The van der Waals surface area contributed by atoms with Crippen molar-refractivity contribution >= 4 is 31.3 Å². The number of aromatic nitrogens is 4. The number of imidazole rings is 1. The Labute approximate surface area is 124 Å². The first kappa shape index (κ1) is 14.3. The van der Waals surface area contributed by atoms with Crippen LogP contribution >= 0.6 is 0 Å². The van der Waals surface area contributed by atoms with Gasteiger partial charge in [-0.25, -0.2) is 0 Å². The molecule has 0 bridgehead atoms. The monoisotopic (exact) mass is 284 g/mol. The van der Waals surface area contributed by atoms with Crippen LogP contribution in [0.3, 0.4) is 0 Å². The van der Waals surface area contributed by atoms with Crippen molar-refractivity contribution < 1.29 is 9.84 Å². The van der Waals surface area contributed by atoms with E-state index < -0.39 is 12.3 Å². The number of nitrogens with one attached hydrogen (secondary N) is 1. The van der Waals surface area contributed by atoms with E-state index in [0.717, 1.165) is 6.42 Å². The van der Waals surface area contributed by atoms with Crippen molar-refractivity contribution in [1.29, 1.82) is 0 Å². The summed E-state index contributed by atoms with van der Waals surface area (Å²) in [5.41, 5.74) is 1.19. The third kappa shape index (κ3) is 2.30. The standard InChI is InChI=1S/C12H16B2N5O2/c1-3-7-6(2)9(20)12(21-7)19-5-17-8-10(18-14-13)15-4-16-11(8)19/h4-7,9,12,20H,3H2,1-2H3,(H,15,16,18)/t6-,7-,9-,12-/m1/s1. The van der Waals surface area contributed by atoms with Gasteiger partial charge < -0.3 is 0 Å². The van der Waals surface area contributed by atoms with E-state index >= 15 is 0 Å². The number of ether oxygens (including phenoxy) is 1. The van der Waals surface area contributed by atoms with E-state index in [1.165, 1.54) is 13.3 Å². The van der Waals surface area contributed by atoms with Crippen molar-refractivity contribution in [2.24, 2.45) is 5.92 Å². The van der Waals surface area contributed by atoms with Crippen LogP contribution in [0.15, 0.2) is 12.7 Å². The second-order valence-corrected chi connectivity index (χ2v) is 5.18. The third-order valence-corrected chi connectivity index (χ3v) is 3.99. The first-order valence-electron chi connectivity index (χ1n) is 6.98. The van der Waals surface area contributed by atoms with Gasteiger partial charge in [0.1, 0.15) is 0 Å². The van der Waals surface area contributed by atoms with Crippen LogP contribution in [0.4, 0.5) is 5.82 Å². The summed E-state index contributed by atoms with van der Waals surface area (Å²) in [6.07, 6.45) is 2.83. The molecule has 0 amide bonds. The van der Waals surface area contributed by atoms with Gasteiger partial charge in [-0.1, -0.05) is 0 Å². The maximum absolute atomic E-state index is 10.4. The summed E-state index contributed by atoms with van der Waals surface area (Å²) < 4.78 is 7.69. The van der Waals surface area contributed by atoms with Crippen LogP contribution in [0, 0.1) is 5.92 Å². The Balaban J connectivity index is 2.02. The van der Waals surface area contributed by atoms with Crippen LogP contribution in [-0.4, -0.2) is 51.1 Å².